The van der Waals surface area contributed by atoms with Crippen molar-refractivity contribution in [3.05, 3.63) is 34.3 Å². The van der Waals surface area contributed by atoms with Crippen LogP contribution in [-0.2, 0) is 4.74 Å². The molecule has 0 aromatic heterocycles. The van der Waals surface area contributed by atoms with Crippen molar-refractivity contribution in [3.63, 3.8) is 0 Å². The van der Waals surface area contributed by atoms with Gasteiger partial charge >= 0.3 is 0 Å². The van der Waals surface area contributed by atoms with Crippen LogP contribution in [0.1, 0.15) is 49.3 Å². The van der Waals surface area contributed by atoms with Crippen LogP contribution in [0.15, 0.2) is 18.2 Å². The first-order valence-electron chi connectivity index (χ1n) is 7.05. The molecule has 2 rings (SSSR count). The molecule has 3 nitrogen and oxygen atoms in total. The smallest absolute Gasteiger partial charge is 0.0576 e. The number of rotatable bonds is 6. The lowest BCUT2D eigenvalue weighted by Crippen LogP contribution is -2.28. The van der Waals surface area contributed by atoms with E-state index in [2.05, 4.69) is 11.5 Å². The van der Waals surface area contributed by atoms with Crippen molar-refractivity contribution < 1.29 is 4.74 Å². The van der Waals surface area contributed by atoms with Gasteiger partial charge in [0, 0.05) is 17.7 Å². The van der Waals surface area contributed by atoms with Gasteiger partial charge in [0.2, 0.25) is 0 Å². The van der Waals surface area contributed by atoms with Gasteiger partial charge in [-0.05, 0) is 56.2 Å². The molecular weight excluding hydrogens is 260 g/mol. The maximum Gasteiger partial charge on any atom is 0.0576 e. The summed E-state index contributed by atoms with van der Waals surface area (Å²) in [7, 11) is 0. The van der Waals surface area contributed by atoms with Gasteiger partial charge in [-0.2, -0.15) is 0 Å². The highest BCUT2D eigenvalue weighted by Gasteiger charge is 2.17. The first-order chi connectivity index (χ1) is 9.22. The Morgan fingerprint density at radius 1 is 1.53 bits per heavy atom. The van der Waals surface area contributed by atoms with E-state index in [0.29, 0.717) is 6.10 Å². The van der Waals surface area contributed by atoms with Crippen molar-refractivity contribution in [2.24, 2.45) is 5.84 Å². The quantitative estimate of drug-likeness (QED) is 0.620. The van der Waals surface area contributed by atoms with Gasteiger partial charge in [0.05, 0.1) is 6.10 Å². The zero-order chi connectivity index (χ0) is 13.7. The first-order valence-corrected chi connectivity index (χ1v) is 7.43. The molecule has 2 atom stereocenters. The van der Waals surface area contributed by atoms with Crippen LogP contribution in [-0.4, -0.2) is 12.7 Å². The number of ether oxygens (including phenoxy) is 1. The summed E-state index contributed by atoms with van der Waals surface area (Å²) < 4.78 is 5.64. The Bertz CT molecular complexity index is 405. The molecule has 1 aliphatic rings. The van der Waals surface area contributed by atoms with Gasteiger partial charge in [-0.25, -0.2) is 0 Å². The van der Waals surface area contributed by atoms with Crippen LogP contribution in [0.3, 0.4) is 0 Å². The molecule has 2 unspecified atom stereocenters. The maximum absolute atomic E-state index is 6.16. The average Bonchev–Trinajstić information content (AvgIpc) is 2.92. The summed E-state index contributed by atoms with van der Waals surface area (Å²) in [4.78, 5) is 0. The van der Waals surface area contributed by atoms with Gasteiger partial charge < -0.3 is 4.74 Å². The molecule has 106 valence electrons. The maximum atomic E-state index is 6.16. The Balaban J connectivity index is 1.90. The number of halogens is 1. The third-order valence-electron chi connectivity index (χ3n) is 3.93. The number of nitrogens with one attached hydrogen (secondary N) is 1. The zero-order valence-electron chi connectivity index (χ0n) is 11.5. The van der Waals surface area contributed by atoms with E-state index in [4.69, 9.17) is 22.2 Å². The van der Waals surface area contributed by atoms with Crippen LogP contribution in [0.5, 0.6) is 0 Å². The summed E-state index contributed by atoms with van der Waals surface area (Å²) in [6, 6.07) is 6.16. The standard InChI is InChI=1S/C15H23ClN2O/c1-11-13(7-3-8-14(11)16)15(18-17)9-2-5-12-6-4-10-19-12/h3,7-8,12,15,18H,2,4-6,9-10,17H2,1H3. The van der Waals surface area contributed by atoms with E-state index in [-0.39, 0.29) is 6.04 Å². The first kappa shape index (κ1) is 14.8. The molecule has 19 heavy (non-hydrogen) atoms. The van der Waals surface area contributed by atoms with Crippen LogP contribution >= 0.6 is 11.6 Å². The van der Waals surface area contributed by atoms with Crippen molar-refractivity contribution in [1.82, 2.24) is 5.43 Å². The lowest BCUT2D eigenvalue weighted by Gasteiger charge is -2.20. The third kappa shape index (κ3) is 3.93. The highest BCUT2D eigenvalue weighted by molar-refractivity contribution is 6.31. The monoisotopic (exact) mass is 282 g/mol. The lowest BCUT2D eigenvalue weighted by atomic mass is 9.96. The summed E-state index contributed by atoms with van der Waals surface area (Å²) in [6.45, 7) is 2.97. The van der Waals surface area contributed by atoms with E-state index in [1.54, 1.807) is 0 Å². The fraction of sp³-hybridized carbons (Fsp3) is 0.600. The molecule has 0 saturated carbocycles. The zero-order valence-corrected chi connectivity index (χ0v) is 12.2. The molecule has 1 aromatic carbocycles. The molecule has 1 saturated heterocycles. The molecule has 0 aliphatic carbocycles. The molecule has 1 fully saturated rings. The van der Waals surface area contributed by atoms with Crippen LogP contribution in [0.25, 0.3) is 0 Å². The van der Waals surface area contributed by atoms with Gasteiger partial charge in [-0.15, -0.1) is 0 Å². The van der Waals surface area contributed by atoms with E-state index in [0.717, 1.165) is 36.5 Å². The fourth-order valence-electron chi connectivity index (χ4n) is 2.75. The van der Waals surface area contributed by atoms with Crippen LogP contribution in [0.2, 0.25) is 5.02 Å². The minimum atomic E-state index is 0.167. The van der Waals surface area contributed by atoms with Crippen molar-refractivity contribution >= 4 is 11.6 Å². The highest BCUT2D eigenvalue weighted by Crippen LogP contribution is 2.28. The Morgan fingerprint density at radius 3 is 3.05 bits per heavy atom. The SMILES string of the molecule is Cc1c(Cl)cccc1C(CCCC1CCCO1)NN. The summed E-state index contributed by atoms with van der Waals surface area (Å²) in [6.07, 6.45) is 6.12. The summed E-state index contributed by atoms with van der Waals surface area (Å²) in [5, 5.41) is 0.803. The van der Waals surface area contributed by atoms with Crippen LogP contribution in [0.4, 0.5) is 0 Å². The number of benzene rings is 1. The molecule has 4 heteroatoms. The topological polar surface area (TPSA) is 47.3 Å². The predicted octanol–water partition coefficient (Wildman–Crippen LogP) is 3.50. The summed E-state index contributed by atoms with van der Waals surface area (Å²) in [5.74, 6) is 5.69. The van der Waals surface area contributed by atoms with Crippen LogP contribution < -0.4 is 11.3 Å². The second-order valence-corrected chi connectivity index (χ2v) is 5.65. The van der Waals surface area contributed by atoms with E-state index in [1.807, 2.05) is 19.1 Å². The molecule has 3 N–H and O–H groups in total. The molecule has 0 radical (unpaired) electrons. The van der Waals surface area contributed by atoms with Gasteiger partial charge in [-0.3, -0.25) is 11.3 Å². The molecule has 1 heterocycles. The number of hydrogen-bond donors (Lipinski definition) is 2. The third-order valence-corrected chi connectivity index (χ3v) is 4.34. The molecule has 1 aliphatic heterocycles. The second-order valence-electron chi connectivity index (χ2n) is 5.24. The molecular formula is C15H23ClN2O. The van der Waals surface area contributed by atoms with Gasteiger partial charge in [0.1, 0.15) is 0 Å². The minimum Gasteiger partial charge on any atom is -0.378 e. The van der Waals surface area contributed by atoms with Crippen molar-refractivity contribution in [1.29, 1.82) is 0 Å². The Labute approximate surface area is 120 Å². The summed E-state index contributed by atoms with van der Waals surface area (Å²) >= 11 is 6.16. The number of nitrogens with two attached hydrogens (primary N) is 1. The van der Waals surface area contributed by atoms with E-state index >= 15 is 0 Å². The molecule has 1 aromatic rings. The Morgan fingerprint density at radius 2 is 2.37 bits per heavy atom. The molecule has 0 bridgehead atoms. The van der Waals surface area contributed by atoms with Crippen molar-refractivity contribution in [2.75, 3.05) is 6.61 Å². The number of hydrazine groups is 1. The van der Waals surface area contributed by atoms with Crippen molar-refractivity contribution in [3.8, 4) is 0 Å². The number of hydrogen-bond acceptors (Lipinski definition) is 3. The van der Waals surface area contributed by atoms with Gasteiger partial charge in [0.15, 0.2) is 0 Å². The van der Waals surface area contributed by atoms with Crippen molar-refractivity contribution in [2.45, 2.75) is 51.2 Å². The second kappa shape index (κ2) is 7.25. The highest BCUT2D eigenvalue weighted by atomic mass is 35.5. The summed E-state index contributed by atoms with van der Waals surface area (Å²) in [5.41, 5.74) is 5.22. The van der Waals surface area contributed by atoms with Gasteiger partial charge in [0.25, 0.3) is 0 Å². The van der Waals surface area contributed by atoms with E-state index < -0.39 is 0 Å². The Kier molecular flexibility index (Phi) is 5.64. The fourth-order valence-corrected chi connectivity index (χ4v) is 2.93. The lowest BCUT2D eigenvalue weighted by molar-refractivity contribution is 0.101. The minimum absolute atomic E-state index is 0.167. The predicted molar refractivity (Wildman–Crippen MR) is 79.1 cm³/mol. The Hall–Kier alpha value is -0.610. The van der Waals surface area contributed by atoms with E-state index in [1.165, 1.54) is 18.4 Å². The largest absolute Gasteiger partial charge is 0.378 e. The van der Waals surface area contributed by atoms with E-state index in [9.17, 15) is 0 Å². The normalized spacial score (nSPS) is 20.7. The van der Waals surface area contributed by atoms with Gasteiger partial charge in [-0.1, -0.05) is 23.7 Å². The van der Waals surface area contributed by atoms with Crippen LogP contribution in [0, 0.1) is 6.92 Å². The molecule has 0 amide bonds. The molecule has 0 spiro atoms. The average molecular weight is 283 g/mol.